The third-order valence-electron chi connectivity index (χ3n) is 2.96. The molecule has 0 aromatic carbocycles. The van der Waals surface area contributed by atoms with Gasteiger partial charge in [0.1, 0.15) is 0 Å². The van der Waals surface area contributed by atoms with Gasteiger partial charge in [-0.25, -0.2) is 9.97 Å². The first kappa shape index (κ1) is 10.4. The molecule has 1 saturated heterocycles. The Hall–Kier alpha value is -1.12. The smallest absolute Gasteiger partial charge is 0.225 e. The van der Waals surface area contributed by atoms with Crippen LogP contribution in [-0.4, -0.2) is 23.1 Å². The molecule has 0 N–H and O–H groups in total. The van der Waals surface area contributed by atoms with E-state index in [1.807, 2.05) is 12.3 Å². The molecule has 0 spiro atoms. The predicted molar refractivity (Wildman–Crippen MR) is 62.1 cm³/mol. The topological polar surface area (TPSA) is 29.0 Å². The summed E-state index contributed by atoms with van der Waals surface area (Å²) in [5, 5.41) is 0. The zero-order valence-electron chi connectivity index (χ0n) is 9.77. The zero-order chi connectivity index (χ0) is 10.8. The summed E-state index contributed by atoms with van der Waals surface area (Å²) in [4.78, 5) is 11.2. The Kier molecular flexibility index (Phi) is 2.89. The molecule has 0 amide bonds. The minimum Gasteiger partial charge on any atom is -0.341 e. The van der Waals surface area contributed by atoms with Crippen LogP contribution in [0.5, 0.6) is 0 Å². The lowest BCUT2D eigenvalue weighted by molar-refractivity contribution is 0.657. The van der Waals surface area contributed by atoms with Crippen LogP contribution >= 0.6 is 0 Å². The first-order valence-corrected chi connectivity index (χ1v) is 5.74. The van der Waals surface area contributed by atoms with E-state index < -0.39 is 0 Å². The SMILES string of the molecule is CC1CCN(c2nccc(C(C)C)n2)C1. The average molecular weight is 205 g/mol. The van der Waals surface area contributed by atoms with Crippen LogP contribution in [0.15, 0.2) is 12.3 Å². The van der Waals surface area contributed by atoms with E-state index in [9.17, 15) is 0 Å². The second-order valence-electron chi connectivity index (χ2n) is 4.78. The lowest BCUT2D eigenvalue weighted by Gasteiger charge is -2.16. The number of nitrogens with zero attached hydrogens (tertiary/aromatic N) is 3. The van der Waals surface area contributed by atoms with Crippen LogP contribution < -0.4 is 4.90 Å². The van der Waals surface area contributed by atoms with Gasteiger partial charge in [0.25, 0.3) is 0 Å². The Labute approximate surface area is 91.5 Å². The summed E-state index contributed by atoms with van der Waals surface area (Å²) in [6.45, 7) is 8.81. The largest absolute Gasteiger partial charge is 0.341 e. The molecule has 1 aromatic heterocycles. The predicted octanol–water partition coefficient (Wildman–Crippen LogP) is 2.45. The van der Waals surface area contributed by atoms with Crippen molar-refractivity contribution in [1.29, 1.82) is 0 Å². The fourth-order valence-electron chi connectivity index (χ4n) is 1.95. The Morgan fingerprint density at radius 1 is 1.47 bits per heavy atom. The fraction of sp³-hybridized carbons (Fsp3) is 0.667. The van der Waals surface area contributed by atoms with Crippen molar-refractivity contribution in [2.45, 2.75) is 33.1 Å². The van der Waals surface area contributed by atoms with Crippen LogP contribution in [0.1, 0.15) is 38.8 Å². The molecule has 0 radical (unpaired) electrons. The summed E-state index contributed by atoms with van der Waals surface area (Å²) in [7, 11) is 0. The lowest BCUT2D eigenvalue weighted by atomic mass is 10.1. The lowest BCUT2D eigenvalue weighted by Crippen LogP contribution is -2.22. The van der Waals surface area contributed by atoms with Crippen molar-refractivity contribution in [2.75, 3.05) is 18.0 Å². The van der Waals surface area contributed by atoms with Gasteiger partial charge in [-0.1, -0.05) is 20.8 Å². The third kappa shape index (κ3) is 2.28. The van der Waals surface area contributed by atoms with Gasteiger partial charge in [0.2, 0.25) is 5.95 Å². The van der Waals surface area contributed by atoms with Crippen molar-refractivity contribution in [3.63, 3.8) is 0 Å². The first-order valence-electron chi connectivity index (χ1n) is 5.74. The molecule has 0 bridgehead atoms. The van der Waals surface area contributed by atoms with Crippen LogP contribution in [0.2, 0.25) is 0 Å². The molecule has 1 aromatic rings. The number of hydrogen-bond acceptors (Lipinski definition) is 3. The van der Waals surface area contributed by atoms with Crippen molar-refractivity contribution < 1.29 is 0 Å². The summed E-state index contributed by atoms with van der Waals surface area (Å²) < 4.78 is 0. The van der Waals surface area contributed by atoms with Crippen LogP contribution in [0.3, 0.4) is 0 Å². The standard InChI is InChI=1S/C12H19N3/c1-9(2)11-4-6-13-12(14-11)15-7-5-10(3)8-15/h4,6,9-10H,5,7-8H2,1-3H3. The third-order valence-corrected chi connectivity index (χ3v) is 2.96. The molecule has 2 heterocycles. The number of aromatic nitrogens is 2. The normalized spacial score (nSPS) is 21.3. The van der Waals surface area contributed by atoms with E-state index in [4.69, 9.17) is 0 Å². The number of anilines is 1. The van der Waals surface area contributed by atoms with Gasteiger partial charge in [0.15, 0.2) is 0 Å². The molecule has 3 heteroatoms. The summed E-state index contributed by atoms with van der Waals surface area (Å²) >= 11 is 0. The highest BCUT2D eigenvalue weighted by Gasteiger charge is 2.21. The fourth-order valence-corrected chi connectivity index (χ4v) is 1.95. The van der Waals surface area contributed by atoms with Crippen molar-refractivity contribution in [3.8, 4) is 0 Å². The molecule has 15 heavy (non-hydrogen) atoms. The Balaban J connectivity index is 2.18. The quantitative estimate of drug-likeness (QED) is 0.742. The zero-order valence-corrected chi connectivity index (χ0v) is 9.77. The van der Waals surface area contributed by atoms with Crippen LogP contribution in [0.4, 0.5) is 5.95 Å². The number of hydrogen-bond donors (Lipinski definition) is 0. The second-order valence-corrected chi connectivity index (χ2v) is 4.78. The van der Waals surface area contributed by atoms with E-state index in [0.717, 1.165) is 30.6 Å². The highest BCUT2D eigenvalue weighted by molar-refractivity contribution is 5.32. The highest BCUT2D eigenvalue weighted by Crippen LogP contribution is 2.21. The van der Waals surface area contributed by atoms with E-state index in [1.165, 1.54) is 6.42 Å². The van der Waals surface area contributed by atoms with Gasteiger partial charge in [0, 0.05) is 25.0 Å². The molecule has 1 aliphatic rings. The molecule has 0 saturated carbocycles. The van der Waals surface area contributed by atoms with E-state index in [1.54, 1.807) is 0 Å². The highest BCUT2D eigenvalue weighted by atomic mass is 15.3. The summed E-state index contributed by atoms with van der Waals surface area (Å²) in [6, 6.07) is 2.01. The second kappa shape index (κ2) is 4.17. The van der Waals surface area contributed by atoms with Crippen molar-refractivity contribution in [2.24, 2.45) is 5.92 Å². The molecular formula is C12H19N3. The van der Waals surface area contributed by atoms with Crippen LogP contribution in [0.25, 0.3) is 0 Å². The summed E-state index contributed by atoms with van der Waals surface area (Å²) in [5.74, 6) is 2.16. The molecule has 0 aliphatic carbocycles. The minimum absolute atomic E-state index is 0.478. The van der Waals surface area contributed by atoms with Gasteiger partial charge in [-0.15, -0.1) is 0 Å². The van der Waals surface area contributed by atoms with E-state index >= 15 is 0 Å². The van der Waals surface area contributed by atoms with E-state index in [-0.39, 0.29) is 0 Å². The number of rotatable bonds is 2. The van der Waals surface area contributed by atoms with Gasteiger partial charge in [-0.3, -0.25) is 0 Å². The van der Waals surface area contributed by atoms with Crippen LogP contribution in [0, 0.1) is 5.92 Å². The van der Waals surface area contributed by atoms with E-state index in [2.05, 4.69) is 35.6 Å². The van der Waals surface area contributed by atoms with Gasteiger partial charge < -0.3 is 4.90 Å². The van der Waals surface area contributed by atoms with Crippen molar-refractivity contribution >= 4 is 5.95 Å². The Morgan fingerprint density at radius 3 is 2.87 bits per heavy atom. The molecule has 1 fully saturated rings. The monoisotopic (exact) mass is 205 g/mol. The molecule has 82 valence electrons. The molecular weight excluding hydrogens is 186 g/mol. The van der Waals surface area contributed by atoms with E-state index in [0.29, 0.717) is 5.92 Å². The van der Waals surface area contributed by atoms with Gasteiger partial charge in [0.05, 0.1) is 0 Å². The molecule has 1 unspecified atom stereocenters. The average Bonchev–Trinajstić information content (AvgIpc) is 2.65. The van der Waals surface area contributed by atoms with Gasteiger partial charge in [-0.05, 0) is 24.3 Å². The van der Waals surface area contributed by atoms with Crippen LogP contribution in [-0.2, 0) is 0 Å². The Morgan fingerprint density at radius 2 is 2.27 bits per heavy atom. The van der Waals surface area contributed by atoms with Gasteiger partial charge >= 0.3 is 0 Å². The maximum Gasteiger partial charge on any atom is 0.225 e. The molecule has 2 rings (SSSR count). The maximum absolute atomic E-state index is 4.60. The van der Waals surface area contributed by atoms with Crippen molar-refractivity contribution in [1.82, 2.24) is 9.97 Å². The Bertz CT molecular complexity index is 335. The molecule has 3 nitrogen and oxygen atoms in total. The molecule has 1 aliphatic heterocycles. The first-order chi connectivity index (χ1) is 7.16. The van der Waals surface area contributed by atoms with Crippen molar-refractivity contribution in [3.05, 3.63) is 18.0 Å². The summed E-state index contributed by atoms with van der Waals surface area (Å²) in [5.41, 5.74) is 1.14. The maximum atomic E-state index is 4.60. The van der Waals surface area contributed by atoms with Gasteiger partial charge in [-0.2, -0.15) is 0 Å². The molecule has 1 atom stereocenters. The summed E-state index contributed by atoms with van der Waals surface area (Å²) in [6.07, 6.45) is 3.13. The minimum atomic E-state index is 0.478.